The Morgan fingerprint density at radius 2 is 2.05 bits per heavy atom. The van der Waals surface area contributed by atoms with Crippen molar-refractivity contribution < 1.29 is 9.59 Å². The second kappa shape index (κ2) is 6.91. The van der Waals surface area contributed by atoms with Gasteiger partial charge in [-0.2, -0.15) is 0 Å². The Kier molecular flexibility index (Phi) is 4.95. The van der Waals surface area contributed by atoms with Crippen LogP contribution in [0, 0.1) is 0 Å². The molecule has 1 aliphatic heterocycles. The van der Waals surface area contributed by atoms with Crippen molar-refractivity contribution in [2.75, 3.05) is 11.9 Å². The molecule has 1 aromatic rings. The molecule has 1 aliphatic rings. The lowest BCUT2D eigenvalue weighted by Crippen LogP contribution is -2.31. The first-order valence-corrected chi connectivity index (χ1v) is 6.79. The monoisotopic (exact) mass is 276 g/mol. The van der Waals surface area contributed by atoms with E-state index >= 15 is 0 Å². The first-order chi connectivity index (χ1) is 9.63. The predicted molar refractivity (Wildman–Crippen MR) is 77.1 cm³/mol. The van der Waals surface area contributed by atoms with Crippen LogP contribution in [-0.2, 0) is 11.3 Å². The molecule has 0 spiro atoms. The minimum absolute atomic E-state index is 0.0590. The second-order valence-electron chi connectivity index (χ2n) is 4.96. The topological polar surface area (TPSA) is 96.2 Å². The highest BCUT2D eigenvalue weighted by molar-refractivity contribution is 5.87. The molecule has 0 bridgehead atoms. The minimum atomic E-state index is -0.588. The number of carbonyl (C=O) groups excluding carboxylic acids is 2. The highest BCUT2D eigenvalue weighted by Crippen LogP contribution is 2.10. The first kappa shape index (κ1) is 14.3. The highest BCUT2D eigenvalue weighted by Gasteiger charge is 2.17. The number of anilines is 1. The van der Waals surface area contributed by atoms with Gasteiger partial charge in [0, 0.05) is 24.7 Å². The molecule has 108 valence electrons. The van der Waals surface area contributed by atoms with E-state index in [0.717, 1.165) is 24.9 Å². The van der Waals surface area contributed by atoms with Gasteiger partial charge in [0.2, 0.25) is 5.91 Å². The fraction of sp³-hybridized carbons (Fsp3) is 0.429. The van der Waals surface area contributed by atoms with Crippen LogP contribution in [0.5, 0.6) is 0 Å². The molecular weight excluding hydrogens is 256 g/mol. The minimum Gasteiger partial charge on any atom is -0.352 e. The molecule has 1 aromatic carbocycles. The Morgan fingerprint density at radius 3 is 2.65 bits per heavy atom. The third-order valence-electron chi connectivity index (χ3n) is 3.31. The molecule has 0 aromatic heterocycles. The van der Waals surface area contributed by atoms with Crippen LogP contribution in [0.25, 0.3) is 0 Å². The fourth-order valence-electron chi connectivity index (χ4n) is 2.28. The van der Waals surface area contributed by atoms with Crippen molar-refractivity contribution in [1.29, 1.82) is 0 Å². The molecule has 1 heterocycles. The van der Waals surface area contributed by atoms with Crippen LogP contribution < -0.4 is 21.7 Å². The predicted octanol–water partition coefficient (Wildman–Crippen LogP) is 0.935. The lowest BCUT2D eigenvalue weighted by atomic mass is 10.1. The maximum Gasteiger partial charge on any atom is 0.316 e. The second-order valence-corrected chi connectivity index (χ2v) is 4.96. The van der Waals surface area contributed by atoms with E-state index in [1.807, 2.05) is 12.1 Å². The van der Waals surface area contributed by atoms with E-state index in [1.165, 1.54) is 0 Å². The average Bonchev–Trinajstić information content (AvgIpc) is 2.90. The molecule has 1 fully saturated rings. The average molecular weight is 276 g/mol. The van der Waals surface area contributed by atoms with Gasteiger partial charge in [-0.1, -0.05) is 12.1 Å². The first-order valence-electron chi connectivity index (χ1n) is 6.79. The summed E-state index contributed by atoms with van der Waals surface area (Å²) in [6.07, 6.45) is 2.74. The van der Waals surface area contributed by atoms with Crippen LogP contribution in [0.3, 0.4) is 0 Å². The number of hydrogen-bond donors (Lipinski definition) is 4. The zero-order chi connectivity index (χ0) is 14.4. The van der Waals surface area contributed by atoms with Gasteiger partial charge in [0.05, 0.1) is 0 Å². The van der Waals surface area contributed by atoms with Crippen LogP contribution in [-0.4, -0.2) is 24.5 Å². The van der Waals surface area contributed by atoms with E-state index in [1.54, 1.807) is 12.1 Å². The van der Waals surface area contributed by atoms with E-state index in [2.05, 4.69) is 16.0 Å². The van der Waals surface area contributed by atoms with E-state index in [0.29, 0.717) is 24.7 Å². The Morgan fingerprint density at radius 1 is 1.30 bits per heavy atom. The van der Waals surface area contributed by atoms with Gasteiger partial charge in [0.1, 0.15) is 0 Å². The van der Waals surface area contributed by atoms with E-state index in [-0.39, 0.29) is 5.91 Å². The maximum absolute atomic E-state index is 11.8. The van der Waals surface area contributed by atoms with Gasteiger partial charge in [-0.15, -0.1) is 0 Å². The molecule has 0 aliphatic carbocycles. The van der Waals surface area contributed by atoms with Crippen LogP contribution in [0.15, 0.2) is 24.3 Å². The van der Waals surface area contributed by atoms with Crippen LogP contribution in [0.1, 0.15) is 24.8 Å². The molecule has 1 atom stereocenters. The van der Waals surface area contributed by atoms with Gasteiger partial charge in [-0.05, 0) is 37.1 Å². The summed E-state index contributed by atoms with van der Waals surface area (Å²) in [5.74, 6) is 0.0590. The number of rotatable bonds is 5. The molecule has 5 N–H and O–H groups in total. The van der Waals surface area contributed by atoms with Crippen molar-refractivity contribution in [2.24, 2.45) is 5.73 Å². The smallest absolute Gasteiger partial charge is 0.316 e. The van der Waals surface area contributed by atoms with Gasteiger partial charge in [0.15, 0.2) is 0 Å². The molecule has 1 unspecified atom stereocenters. The van der Waals surface area contributed by atoms with Crippen molar-refractivity contribution in [1.82, 2.24) is 10.6 Å². The summed E-state index contributed by atoms with van der Waals surface area (Å²) < 4.78 is 0. The molecule has 6 nitrogen and oxygen atoms in total. The van der Waals surface area contributed by atoms with Crippen LogP contribution >= 0.6 is 0 Å². The van der Waals surface area contributed by atoms with Crippen molar-refractivity contribution in [3.05, 3.63) is 29.8 Å². The number of primary amides is 1. The molecule has 0 saturated carbocycles. The number of urea groups is 1. The summed E-state index contributed by atoms with van der Waals surface area (Å²) in [7, 11) is 0. The zero-order valence-electron chi connectivity index (χ0n) is 11.3. The van der Waals surface area contributed by atoms with E-state index in [4.69, 9.17) is 5.73 Å². The summed E-state index contributed by atoms with van der Waals surface area (Å²) in [4.78, 5) is 22.4. The Bertz CT molecular complexity index is 467. The lowest BCUT2D eigenvalue weighted by molar-refractivity contribution is -0.121. The number of hydrogen-bond acceptors (Lipinski definition) is 3. The third-order valence-corrected chi connectivity index (χ3v) is 3.31. The molecule has 2 rings (SSSR count). The third kappa shape index (κ3) is 4.55. The molecule has 0 radical (unpaired) electrons. The van der Waals surface area contributed by atoms with Crippen molar-refractivity contribution in [3.63, 3.8) is 0 Å². The number of nitrogens with two attached hydrogens (primary N) is 1. The normalized spacial score (nSPS) is 17.7. The lowest BCUT2D eigenvalue weighted by Gasteiger charge is -2.10. The van der Waals surface area contributed by atoms with Crippen molar-refractivity contribution in [2.45, 2.75) is 31.8 Å². The van der Waals surface area contributed by atoms with Crippen molar-refractivity contribution >= 4 is 17.6 Å². The zero-order valence-corrected chi connectivity index (χ0v) is 11.3. The fourth-order valence-corrected chi connectivity index (χ4v) is 2.28. The summed E-state index contributed by atoms with van der Waals surface area (Å²) in [6, 6.07) is 6.93. The van der Waals surface area contributed by atoms with Gasteiger partial charge < -0.3 is 21.7 Å². The number of benzene rings is 1. The summed E-state index contributed by atoms with van der Waals surface area (Å²) >= 11 is 0. The molecule has 3 amide bonds. The Hall–Kier alpha value is -2.08. The van der Waals surface area contributed by atoms with E-state index in [9.17, 15) is 9.59 Å². The van der Waals surface area contributed by atoms with Gasteiger partial charge in [-0.3, -0.25) is 4.79 Å². The largest absolute Gasteiger partial charge is 0.352 e. The summed E-state index contributed by atoms with van der Waals surface area (Å²) in [5.41, 5.74) is 6.65. The summed E-state index contributed by atoms with van der Waals surface area (Å²) in [6.45, 7) is 1.49. The van der Waals surface area contributed by atoms with Crippen molar-refractivity contribution in [3.8, 4) is 0 Å². The number of amides is 3. The molecule has 1 saturated heterocycles. The molecule has 20 heavy (non-hydrogen) atoms. The SMILES string of the molecule is NC(=O)Nc1ccc(CNC(=O)CC2CCCN2)cc1. The van der Waals surface area contributed by atoms with E-state index < -0.39 is 6.03 Å². The van der Waals surface area contributed by atoms with Gasteiger partial charge >= 0.3 is 6.03 Å². The Balaban J connectivity index is 1.75. The molecular formula is C14H20N4O2. The number of carbonyl (C=O) groups is 2. The van der Waals surface area contributed by atoms with Crippen LogP contribution in [0.4, 0.5) is 10.5 Å². The highest BCUT2D eigenvalue weighted by atomic mass is 16.2. The standard InChI is InChI=1S/C14H20N4O2/c15-14(20)18-11-5-3-10(4-6-11)9-17-13(19)8-12-2-1-7-16-12/h3-6,12,16H,1-2,7-9H2,(H,17,19)(H3,15,18,20). The quantitative estimate of drug-likeness (QED) is 0.644. The van der Waals surface area contributed by atoms with Crippen LogP contribution in [0.2, 0.25) is 0 Å². The molecule has 6 heteroatoms. The maximum atomic E-state index is 11.8. The van der Waals surface area contributed by atoms with Gasteiger partial charge in [0.25, 0.3) is 0 Å². The number of nitrogens with one attached hydrogen (secondary N) is 3. The summed E-state index contributed by atoms with van der Waals surface area (Å²) in [5, 5.41) is 8.68. The van der Waals surface area contributed by atoms with Gasteiger partial charge in [-0.25, -0.2) is 4.79 Å². The Labute approximate surface area is 118 Å².